The second kappa shape index (κ2) is 13.1. The van der Waals surface area contributed by atoms with Crippen LogP contribution in [0.5, 0.6) is 0 Å². The summed E-state index contributed by atoms with van der Waals surface area (Å²) < 4.78 is 0. The molecule has 1 heterocycles. The molecular weight excluding hydrogens is 356 g/mol. The van der Waals surface area contributed by atoms with Gasteiger partial charge in [0.15, 0.2) is 0 Å². The van der Waals surface area contributed by atoms with E-state index in [9.17, 15) is 0 Å². The number of fused-ring (bicyclic) bond motifs is 7. The molecule has 0 radical (unpaired) electrons. The zero-order valence-electron chi connectivity index (χ0n) is 15.8. The molecule has 1 aliphatic heterocycles. The van der Waals surface area contributed by atoms with Crippen LogP contribution in [0.3, 0.4) is 0 Å². The van der Waals surface area contributed by atoms with Gasteiger partial charge in [0.2, 0.25) is 0 Å². The van der Waals surface area contributed by atoms with Gasteiger partial charge < -0.3 is 16.6 Å². The minimum Gasteiger partial charge on any atom is -0.400 e. The Morgan fingerprint density at radius 3 is 1.96 bits per heavy atom. The first-order valence-corrected chi connectivity index (χ1v) is 9.43. The molecule has 27 heavy (non-hydrogen) atoms. The summed E-state index contributed by atoms with van der Waals surface area (Å²) in [6.45, 7) is 1.22. The average Bonchev–Trinajstić information content (AvgIpc) is 3.48. The lowest BCUT2D eigenvalue weighted by molar-refractivity contribution is 0.398. The first-order chi connectivity index (χ1) is 11.9. The Bertz CT molecular complexity index is 531. The van der Waals surface area contributed by atoms with Crippen LogP contribution < -0.4 is 11.5 Å². The number of allylic oxidation sites excluding steroid dienone is 8. The van der Waals surface area contributed by atoms with Crippen LogP contribution in [-0.2, 0) is 0 Å². The number of hydrogen-bond donors (Lipinski definition) is 3. The van der Waals surface area contributed by atoms with Crippen LogP contribution in [0, 0.1) is 29.6 Å². The second-order valence-electron chi connectivity index (χ2n) is 7.34. The number of nitrogens with one attached hydrogen (secondary N) is 1. The quantitative estimate of drug-likeness (QED) is 0.491. The topological polar surface area (TPSA) is 67.3 Å². The van der Waals surface area contributed by atoms with Gasteiger partial charge >= 0.3 is 0 Å². The largest absolute Gasteiger partial charge is 0.400 e. The third-order valence-electron chi connectivity index (χ3n) is 5.93. The molecule has 2 fully saturated rings. The van der Waals surface area contributed by atoms with Gasteiger partial charge in [-0.15, -0.1) is 12.4 Å². The number of hydrogen-bond acceptors (Lipinski definition) is 3. The summed E-state index contributed by atoms with van der Waals surface area (Å²) in [5, 5.41) is 10.4. The maximum absolute atomic E-state index is 7.00. The molecule has 4 heteroatoms. The van der Waals surface area contributed by atoms with Crippen molar-refractivity contribution < 1.29 is 5.11 Å². The molecule has 6 unspecified atom stereocenters. The summed E-state index contributed by atoms with van der Waals surface area (Å²) >= 11 is 0. The standard InChI is InChI=1S/C10H12.C6H9N.C5H6.CH4O.CH4.ClH.H3N/c1-2-9-7-4-5-8(6-7)10(9)3-1;1-2-6-3-5(1)4-7-6;1-2-4-5-3-1;1-2;;;/h1-2,4-5,7-10H,3,6H2;1-2,5-7H,3-4H2;1-4H,5H2;2H,1H3;1H4;1H;1H3. The fourth-order valence-corrected chi connectivity index (χ4v) is 4.75. The van der Waals surface area contributed by atoms with Gasteiger partial charge in [-0.25, -0.2) is 0 Å². The highest BCUT2D eigenvalue weighted by Gasteiger charge is 2.44. The fourth-order valence-electron chi connectivity index (χ4n) is 4.75. The number of rotatable bonds is 0. The smallest absolute Gasteiger partial charge is 0.0319 e. The van der Waals surface area contributed by atoms with Crippen LogP contribution in [0.15, 0.2) is 60.8 Å². The first kappa shape index (κ1) is 25.9. The van der Waals surface area contributed by atoms with E-state index in [4.69, 9.17) is 5.11 Å². The zero-order chi connectivity index (χ0) is 16.8. The number of aliphatic hydroxyl groups excluding tert-OH is 1. The predicted molar refractivity (Wildman–Crippen MR) is 121 cm³/mol. The summed E-state index contributed by atoms with van der Waals surface area (Å²) in [5.74, 6) is 4.70. The summed E-state index contributed by atoms with van der Waals surface area (Å²) in [6, 6.07) is 0.741. The van der Waals surface area contributed by atoms with E-state index in [2.05, 4.69) is 66.1 Å². The normalized spacial score (nSPS) is 35.5. The summed E-state index contributed by atoms with van der Waals surface area (Å²) in [6.07, 6.45) is 28.0. The van der Waals surface area contributed by atoms with Crippen molar-refractivity contribution in [3.63, 3.8) is 0 Å². The van der Waals surface area contributed by atoms with Crippen LogP contribution in [0.25, 0.3) is 0 Å². The van der Waals surface area contributed by atoms with Crippen LogP contribution in [0.1, 0.15) is 33.1 Å². The van der Waals surface area contributed by atoms with E-state index >= 15 is 0 Å². The third kappa shape index (κ3) is 6.46. The van der Waals surface area contributed by atoms with E-state index in [-0.39, 0.29) is 26.0 Å². The van der Waals surface area contributed by atoms with Crippen LogP contribution in [-0.4, -0.2) is 24.8 Å². The van der Waals surface area contributed by atoms with Gasteiger partial charge in [-0.2, -0.15) is 0 Å². The number of halogens is 1. The highest BCUT2D eigenvalue weighted by atomic mass is 35.5. The zero-order valence-corrected chi connectivity index (χ0v) is 16.7. The maximum Gasteiger partial charge on any atom is 0.0319 e. The molecule has 1 saturated heterocycles. The summed E-state index contributed by atoms with van der Waals surface area (Å²) in [7, 11) is 1.00. The molecule has 5 aliphatic carbocycles. The predicted octanol–water partition coefficient (Wildman–Crippen LogP) is 5.25. The maximum atomic E-state index is 7.00. The lowest BCUT2D eigenvalue weighted by Crippen LogP contribution is -2.20. The van der Waals surface area contributed by atoms with Crippen molar-refractivity contribution in [2.45, 2.75) is 39.2 Å². The molecule has 6 rings (SSSR count). The third-order valence-corrected chi connectivity index (χ3v) is 5.93. The Morgan fingerprint density at radius 2 is 1.56 bits per heavy atom. The molecule has 6 atom stereocenters. The van der Waals surface area contributed by atoms with Gasteiger partial charge in [0.05, 0.1) is 0 Å². The molecule has 0 spiro atoms. The van der Waals surface area contributed by atoms with E-state index in [0.29, 0.717) is 0 Å². The van der Waals surface area contributed by atoms with Crippen molar-refractivity contribution in [3.8, 4) is 0 Å². The molecule has 6 aliphatic rings. The molecule has 0 amide bonds. The van der Waals surface area contributed by atoms with Crippen molar-refractivity contribution in [2.24, 2.45) is 29.6 Å². The highest BCUT2D eigenvalue weighted by Crippen LogP contribution is 2.52. The van der Waals surface area contributed by atoms with Gasteiger partial charge in [-0.05, 0) is 55.3 Å². The molecule has 5 N–H and O–H groups in total. The molecule has 0 aromatic heterocycles. The van der Waals surface area contributed by atoms with Crippen LogP contribution in [0.2, 0.25) is 0 Å². The Kier molecular flexibility index (Phi) is 12.6. The first-order valence-electron chi connectivity index (χ1n) is 9.43. The van der Waals surface area contributed by atoms with Gasteiger partial charge in [0.1, 0.15) is 0 Å². The van der Waals surface area contributed by atoms with E-state index < -0.39 is 0 Å². The molecule has 3 nitrogen and oxygen atoms in total. The SMILES string of the molecule is C.C1=CC2C3C=CC(C3)C2C1.C1=CC2CC1CN2.C1=CCC=C1.CO.Cl.N. The second-order valence-corrected chi connectivity index (χ2v) is 7.34. The van der Waals surface area contributed by atoms with Crippen molar-refractivity contribution in [1.29, 1.82) is 0 Å². The molecule has 0 aromatic rings. The van der Waals surface area contributed by atoms with Gasteiger partial charge in [-0.1, -0.05) is 68.2 Å². The highest BCUT2D eigenvalue weighted by molar-refractivity contribution is 5.85. The van der Waals surface area contributed by atoms with E-state index in [1.165, 1.54) is 25.8 Å². The number of aliphatic hydroxyl groups is 1. The Morgan fingerprint density at radius 1 is 0.852 bits per heavy atom. The van der Waals surface area contributed by atoms with Crippen molar-refractivity contribution in [1.82, 2.24) is 11.5 Å². The van der Waals surface area contributed by atoms with E-state index in [0.717, 1.165) is 49.2 Å². The minimum absolute atomic E-state index is 0. The van der Waals surface area contributed by atoms with Crippen LogP contribution >= 0.6 is 12.4 Å². The lowest BCUT2D eigenvalue weighted by atomic mass is 9.86. The van der Waals surface area contributed by atoms with Crippen molar-refractivity contribution >= 4 is 12.4 Å². The molecule has 4 bridgehead atoms. The van der Waals surface area contributed by atoms with Gasteiger partial charge in [0.25, 0.3) is 0 Å². The Hall–Kier alpha value is -1.13. The Labute approximate surface area is 172 Å². The fraction of sp³-hybridized carbons (Fsp3) is 0.565. The van der Waals surface area contributed by atoms with Crippen LogP contribution in [0.4, 0.5) is 0 Å². The van der Waals surface area contributed by atoms with Gasteiger partial charge in [0, 0.05) is 19.7 Å². The van der Waals surface area contributed by atoms with Crippen molar-refractivity contribution in [3.05, 3.63) is 60.8 Å². The van der Waals surface area contributed by atoms with Crippen molar-refractivity contribution in [2.75, 3.05) is 13.7 Å². The minimum atomic E-state index is 0. The van der Waals surface area contributed by atoms with E-state index in [1.54, 1.807) is 0 Å². The Balaban J connectivity index is 0.000000357. The molecule has 0 aromatic carbocycles. The lowest BCUT2D eigenvalue weighted by Gasteiger charge is -2.18. The summed E-state index contributed by atoms with van der Waals surface area (Å²) in [5.41, 5.74) is 0. The monoisotopic (exact) mass is 394 g/mol. The summed E-state index contributed by atoms with van der Waals surface area (Å²) in [4.78, 5) is 0. The molecule has 1 saturated carbocycles. The molecule has 154 valence electrons. The van der Waals surface area contributed by atoms with Gasteiger partial charge in [-0.3, -0.25) is 0 Å². The van der Waals surface area contributed by atoms with E-state index in [1.807, 2.05) is 0 Å². The average molecular weight is 395 g/mol. The molecular formula is C23H39ClN2O.